The van der Waals surface area contributed by atoms with Gasteiger partial charge in [0.2, 0.25) is 5.91 Å². The number of nitrogens with two attached hydrogens (primary N) is 1. The van der Waals surface area contributed by atoms with Crippen molar-refractivity contribution in [2.45, 2.75) is 51.7 Å². The highest BCUT2D eigenvalue weighted by Crippen LogP contribution is 2.41. The van der Waals surface area contributed by atoms with Gasteiger partial charge >= 0.3 is 0 Å². The number of ether oxygens (including phenoxy) is 1. The largest absolute Gasteiger partial charge is 0.392 e. The Balaban J connectivity index is 2.20. The molecule has 2 fully saturated rings. The first-order valence-corrected chi connectivity index (χ1v) is 7.11. The lowest BCUT2D eigenvalue weighted by molar-refractivity contribution is -0.150. The molecular formula is C13H22N2O2S. The number of hydrogen-bond acceptors (Lipinski definition) is 3. The van der Waals surface area contributed by atoms with Gasteiger partial charge in [-0.3, -0.25) is 4.79 Å². The summed E-state index contributed by atoms with van der Waals surface area (Å²) in [6.07, 6.45) is 3.78. The molecule has 1 aliphatic carbocycles. The minimum atomic E-state index is -0.583. The summed E-state index contributed by atoms with van der Waals surface area (Å²) in [4.78, 5) is 15.1. The Labute approximate surface area is 114 Å². The molecule has 2 rings (SSSR count). The molecule has 0 spiro atoms. The molecule has 4 nitrogen and oxygen atoms in total. The summed E-state index contributed by atoms with van der Waals surface area (Å²) in [6, 6.07) is 0.112. The van der Waals surface area contributed by atoms with E-state index in [1.54, 1.807) is 0 Å². The maximum absolute atomic E-state index is 12.8. The normalized spacial score (nSPS) is 31.3. The molecule has 0 aromatic rings. The van der Waals surface area contributed by atoms with Gasteiger partial charge in [0.1, 0.15) is 0 Å². The standard InChI is InChI=1S/C13H22N2O2S/c1-9-8-17-10(2)7-15(9)12(16)13(11(14)18)5-3-4-6-13/h9-10H,3-8H2,1-2H3,(H2,14,18). The second-order valence-corrected chi connectivity index (χ2v) is 6.04. The van der Waals surface area contributed by atoms with Crippen LogP contribution in [0.3, 0.4) is 0 Å². The lowest BCUT2D eigenvalue weighted by atomic mass is 9.83. The van der Waals surface area contributed by atoms with Crippen molar-refractivity contribution < 1.29 is 9.53 Å². The maximum Gasteiger partial charge on any atom is 0.236 e. The highest BCUT2D eigenvalue weighted by Gasteiger charge is 2.47. The van der Waals surface area contributed by atoms with Crippen molar-refractivity contribution in [3.63, 3.8) is 0 Å². The van der Waals surface area contributed by atoms with Gasteiger partial charge in [-0.15, -0.1) is 0 Å². The summed E-state index contributed by atoms with van der Waals surface area (Å²) in [5.74, 6) is 0.121. The van der Waals surface area contributed by atoms with Crippen LogP contribution >= 0.6 is 12.2 Å². The Morgan fingerprint density at radius 1 is 1.39 bits per heavy atom. The number of thiocarbonyl (C=S) groups is 1. The number of amides is 1. The van der Waals surface area contributed by atoms with Crippen LogP contribution in [-0.2, 0) is 9.53 Å². The molecule has 5 heteroatoms. The first-order valence-electron chi connectivity index (χ1n) is 6.70. The van der Waals surface area contributed by atoms with Crippen molar-refractivity contribution in [3.8, 4) is 0 Å². The third-order valence-electron chi connectivity index (χ3n) is 4.21. The molecule has 2 aliphatic rings. The van der Waals surface area contributed by atoms with Crippen molar-refractivity contribution in [1.29, 1.82) is 0 Å². The number of nitrogens with zero attached hydrogens (tertiary/aromatic N) is 1. The van der Waals surface area contributed by atoms with E-state index in [1.165, 1.54) is 0 Å². The molecule has 1 saturated carbocycles. The summed E-state index contributed by atoms with van der Waals surface area (Å²) in [7, 11) is 0. The third kappa shape index (κ3) is 2.26. The van der Waals surface area contributed by atoms with Crippen LogP contribution in [0.2, 0.25) is 0 Å². The fraction of sp³-hybridized carbons (Fsp3) is 0.846. The average molecular weight is 270 g/mol. The molecule has 1 saturated heterocycles. The van der Waals surface area contributed by atoms with Crippen LogP contribution in [-0.4, -0.2) is 41.1 Å². The van der Waals surface area contributed by atoms with E-state index >= 15 is 0 Å². The zero-order chi connectivity index (χ0) is 13.3. The van der Waals surface area contributed by atoms with E-state index in [0.717, 1.165) is 25.7 Å². The fourth-order valence-corrected chi connectivity index (χ4v) is 3.30. The predicted octanol–water partition coefficient (Wildman–Crippen LogP) is 1.47. The molecule has 1 aliphatic heterocycles. The number of carbonyl (C=O) groups is 1. The molecule has 0 radical (unpaired) electrons. The van der Waals surface area contributed by atoms with E-state index in [1.807, 2.05) is 18.7 Å². The molecule has 18 heavy (non-hydrogen) atoms. The lowest BCUT2D eigenvalue weighted by Crippen LogP contribution is -2.57. The second kappa shape index (κ2) is 5.13. The molecule has 2 N–H and O–H groups in total. The van der Waals surface area contributed by atoms with Crippen LogP contribution < -0.4 is 5.73 Å². The van der Waals surface area contributed by atoms with Crippen molar-refractivity contribution in [1.82, 2.24) is 4.90 Å². The number of carbonyl (C=O) groups excluding carboxylic acids is 1. The molecule has 0 aromatic heterocycles. The summed E-state index contributed by atoms with van der Waals surface area (Å²) >= 11 is 5.18. The van der Waals surface area contributed by atoms with Crippen molar-refractivity contribution >= 4 is 23.1 Å². The predicted molar refractivity (Wildman–Crippen MR) is 74.3 cm³/mol. The minimum absolute atomic E-state index is 0.0925. The first-order chi connectivity index (χ1) is 8.47. The Hall–Kier alpha value is -0.680. The SMILES string of the molecule is CC1CN(C(=O)C2(C(N)=S)CCCC2)C(C)CO1. The summed E-state index contributed by atoms with van der Waals surface area (Å²) in [6.45, 7) is 5.25. The number of rotatable bonds is 2. The van der Waals surface area contributed by atoms with Crippen molar-refractivity contribution in [3.05, 3.63) is 0 Å². The molecule has 2 atom stereocenters. The van der Waals surface area contributed by atoms with Crippen LogP contribution in [0.4, 0.5) is 0 Å². The number of hydrogen-bond donors (Lipinski definition) is 1. The van der Waals surface area contributed by atoms with Crippen molar-refractivity contribution in [2.75, 3.05) is 13.2 Å². The highest BCUT2D eigenvalue weighted by atomic mass is 32.1. The van der Waals surface area contributed by atoms with E-state index in [-0.39, 0.29) is 18.1 Å². The molecule has 0 bridgehead atoms. The minimum Gasteiger partial charge on any atom is -0.392 e. The van der Waals surface area contributed by atoms with Crippen LogP contribution in [0.5, 0.6) is 0 Å². The Morgan fingerprint density at radius 2 is 2.00 bits per heavy atom. The zero-order valence-electron chi connectivity index (χ0n) is 11.1. The van der Waals surface area contributed by atoms with Gasteiger partial charge < -0.3 is 15.4 Å². The van der Waals surface area contributed by atoms with E-state index < -0.39 is 5.41 Å². The van der Waals surface area contributed by atoms with Gasteiger partial charge in [-0.05, 0) is 26.7 Å². The average Bonchev–Trinajstić information content (AvgIpc) is 2.82. The molecule has 1 amide bonds. The first kappa shape index (κ1) is 13.7. The fourth-order valence-electron chi connectivity index (χ4n) is 3.01. The molecule has 0 aromatic carbocycles. The summed E-state index contributed by atoms with van der Waals surface area (Å²) < 4.78 is 5.57. The molecular weight excluding hydrogens is 248 g/mol. The van der Waals surface area contributed by atoms with E-state index in [9.17, 15) is 4.79 Å². The smallest absolute Gasteiger partial charge is 0.236 e. The van der Waals surface area contributed by atoms with Gasteiger partial charge in [0.15, 0.2) is 0 Å². The third-order valence-corrected chi connectivity index (χ3v) is 4.60. The Morgan fingerprint density at radius 3 is 2.56 bits per heavy atom. The van der Waals surface area contributed by atoms with E-state index in [4.69, 9.17) is 22.7 Å². The van der Waals surface area contributed by atoms with E-state index in [0.29, 0.717) is 18.1 Å². The van der Waals surface area contributed by atoms with Gasteiger partial charge in [-0.2, -0.15) is 0 Å². The Bertz CT molecular complexity index is 353. The van der Waals surface area contributed by atoms with Crippen LogP contribution in [0, 0.1) is 5.41 Å². The van der Waals surface area contributed by atoms with Gasteiger partial charge in [0.25, 0.3) is 0 Å². The maximum atomic E-state index is 12.8. The quantitative estimate of drug-likeness (QED) is 0.772. The zero-order valence-corrected chi connectivity index (χ0v) is 12.0. The summed E-state index contributed by atoms with van der Waals surface area (Å²) in [5.41, 5.74) is 5.29. The van der Waals surface area contributed by atoms with E-state index in [2.05, 4.69) is 0 Å². The lowest BCUT2D eigenvalue weighted by Gasteiger charge is -2.41. The van der Waals surface area contributed by atoms with Gasteiger partial charge in [-0.1, -0.05) is 25.1 Å². The second-order valence-electron chi connectivity index (χ2n) is 5.60. The molecule has 102 valence electrons. The topological polar surface area (TPSA) is 55.6 Å². The highest BCUT2D eigenvalue weighted by molar-refractivity contribution is 7.80. The van der Waals surface area contributed by atoms with Crippen LogP contribution in [0.15, 0.2) is 0 Å². The summed E-state index contributed by atoms with van der Waals surface area (Å²) in [5, 5.41) is 0. The van der Waals surface area contributed by atoms with Gasteiger partial charge in [-0.25, -0.2) is 0 Å². The molecule has 2 unspecified atom stereocenters. The van der Waals surface area contributed by atoms with Crippen LogP contribution in [0.1, 0.15) is 39.5 Å². The molecule has 1 heterocycles. The monoisotopic (exact) mass is 270 g/mol. The number of morpholine rings is 1. The van der Waals surface area contributed by atoms with Gasteiger partial charge in [0, 0.05) is 6.54 Å². The van der Waals surface area contributed by atoms with Crippen molar-refractivity contribution in [2.24, 2.45) is 11.1 Å². The Kier molecular flexibility index (Phi) is 3.92. The van der Waals surface area contributed by atoms with Gasteiger partial charge in [0.05, 0.1) is 29.2 Å². The van der Waals surface area contributed by atoms with Crippen LogP contribution in [0.25, 0.3) is 0 Å².